The van der Waals surface area contributed by atoms with Crippen LogP contribution in [0.15, 0.2) is 96.8 Å². The Balaban J connectivity index is 1.88. The summed E-state index contributed by atoms with van der Waals surface area (Å²) in [5, 5.41) is 0. The Morgan fingerprint density at radius 1 is 0.720 bits per heavy atom. The predicted octanol–water partition coefficient (Wildman–Crippen LogP) is 5.55. The molecule has 3 rings (SSSR count). The van der Waals surface area contributed by atoms with Crippen molar-refractivity contribution >= 4 is 5.57 Å². The summed E-state index contributed by atoms with van der Waals surface area (Å²) >= 11 is 0. The van der Waals surface area contributed by atoms with E-state index in [1.807, 2.05) is 90.8 Å². The number of nitrogens with zero attached hydrogens (tertiary/aromatic N) is 1. The molecule has 0 atom stereocenters. The first-order valence-electron chi connectivity index (χ1n) is 8.46. The lowest BCUT2D eigenvalue weighted by Gasteiger charge is -2.18. The Morgan fingerprint density at radius 2 is 1.16 bits per heavy atom. The van der Waals surface area contributed by atoms with Gasteiger partial charge in [-0.15, -0.1) is 0 Å². The van der Waals surface area contributed by atoms with Gasteiger partial charge in [0.15, 0.2) is 0 Å². The van der Waals surface area contributed by atoms with Crippen LogP contribution in [0.1, 0.15) is 16.7 Å². The molecular weight excluding hydrogens is 309 g/mol. The number of hydrogen-bond acceptors (Lipinski definition) is 1. The molecule has 2 heteroatoms. The molecule has 0 saturated carbocycles. The smallest absolute Gasteiger partial charge is 0.122 e. The second kappa shape index (κ2) is 8.41. The van der Waals surface area contributed by atoms with Gasteiger partial charge in [0, 0.05) is 12.1 Å². The minimum atomic E-state index is -0.115. The van der Waals surface area contributed by atoms with Crippen molar-refractivity contribution in [2.75, 3.05) is 13.6 Å². The molecule has 0 radical (unpaired) electrons. The standard InChI is InChI=1S/C23H22FN/c1-25(17-19-11-5-2-6-12-19)18-22(24)23(20-13-7-3-8-14-20)21-15-9-4-10-16-21/h2-16H,17-18H2,1H3. The van der Waals surface area contributed by atoms with Gasteiger partial charge in [-0.3, -0.25) is 4.90 Å². The van der Waals surface area contributed by atoms with Crippen LogP contribution in [0.2, 0.25) is 0 Å². The van der Waals surface area contributed by atoms with E-state index >= 15 is 4.39 Å². The molecule has 3 aromatic carbocycles. The zero-order chi connectivity index (χ0) is 17.5. The van der Waals surface area contributed by atoms with E-state index in [0.717, 1.165) is 11.1 Å². The molecular formula is C23H22FN. The van der Waals surface area contributed by atoms with Gasteiger partial charge in [0.1, 0.15) is 5.83 Å². The summed E-state index contributed by atoms with van der Waals surface area (Å²) in [4.78, 5) is 2.00. The van der Waals surface area contributed by atoms with E-state index in [2.05, 4.69) is 12.1 Å². The third kappa shape index (κ3) is 4.65. The third-order valence-corrected chi connectivity index (χ3v) is 4.10. The Morgan fingerprint density at radius 3 is 1.64 bits per heavy atom. The average molecular weight is 331 g/mol. The second-order valence-corrected chi connectivity index (χ2v) is 6.17. The fourth-order valence-corrected chi connectivity index (χ4v) is 2.96. The summed E-state index contributed by atoms with van der Waals surface area (Å²) in [7, 11) is 1.94. The predicted molar refractivity (Wildman–Crippen MR) is 103 cm³/mol. The first kappa shape index (κ1) is 17.1. The molecule has 0 aliphatic heterocycles. The fraction of sp³-hybridized carbons (Fsp3) is 0.130. The van der Waals surface area contributed by atoms with Gasteiger partial charge < -0.3 is 0 Å². The molecule has 1 nitrogen and oxygen atoms in total. The van der Waals surface area contributed by atoms with Crippen molar-refractivity contribution in [2.24, 2.45) is 0 Å². The van der Waals surface area contributed by atoms with Crippen LogP contribution >= 0.6 is 0 Å². The molecule has 0 unspecified atom stereocenters. The van der Waals surface area contributed by atoms with Crippen molar-refractivity contribution in [2.45, 2.75) is 6.54 Å². The molecule has 126 valence electrons. The monoisotopic (exact) mass is 331 g/mol. The molecule has 3 aromatic rings. The van der Waals surface area contributed by atoms with Gasteiger partial charge >= 0.3 is 0 Å². The lowest BCUT2D eigenvalue weighted by atomic mass is 9.97. The van der Waals surface area contributed by atoms with Crippen LogP contribution in [0.3, 0.4) is 0 Å². The van der Waals surface area contributed by atoms with E-state index in [4.69, 9.17) is 0 Å². The van der Waals surface area contributed by atoms with E-state index in [-0.39, 0.29) is 12.4 Å². The van der Waals surface area contributed by atoms with Crippen LogP contribution in [0.4, 0.5) is 4.39 Å². The molecule has 0 saturated heterocycles. The molecule has 0 aliphatic carbocycles. The van der Waals surface area contributed by atoms with Gasteiger partial charge in [-0.05, 0) is 23.7 Å². The van der Waals surface area contributed by atoms with Crippen LogP contribution in [0.25, 0.3) is 5.57 Å². The zero-order valence-corrected chi connectivity index (χ0v) is 14.4. The van der Waals surface area contributed by atoms with E-state index < -0.39 is 0 Å². The van der Waals surface area contributed by atoms with E-state index in [1.165, 1.54) is 5.56 Å². The van der Waals surface area contributed by atoms with Gasteiger partial charge in [0.2, 0.25) is 0 Å². The Bertz CT molecular complexity index is 769. The van der Waals surface area contributed by atoms with Gasteiger partial charge in [-0.25, -0.2) is 4.39 Å². The van der Waals surface area contributed by atoms with Crippen molar-refractivity contribution in [1.82, 2.24) is 4.90 Å². The van der Waals surface area contributed by atoms with Crippen LogP contribution in [-0.2, 0) is 6.54 Å². The van der Waals surface area contributed by atoms with E-state index in [0.29, 0.717) is 12.1 Å². The lowest BCUT2D eigenvalue weighted by Crippen LogP contribution is -2.20. The largest absolute Gasteiger partial charge is 0.295 e. The Kier molecular flexibility index (Phi) is 5.76. The highest BCUT2D eigenvalue weighted by Gasteiger charge is 2.13. The lowest BCUT2D eigenvalue weighted by molar-refractivity contribution is 0.329. The SMILES string of the molecule is CN(CC(F)=C(c1ccccc1)c1ccccc1)Cc1ccccc1. The van der Waals surface area contributed by atoms with E-state index in [9.17, 15) is 0 Å². The number of hydrogen-bond donors (Lipinski definition) is 0. The fourth-order valence-electron chi connectivity index (χ4n) is 2.96. The maximum atomic E-state index is 15.2. The molecule has 0 aromatic heterocycles. The molecule has 0 aliphatic rings. The van der Waals surface area contributed by atoms with Gasteiger partial charge in [0.05, 0.1) is 6.54 Å². The van der Waals surface area contributed by atoms with Gasteiger partial charge in [-0.1, -0.05) is 91.0 Å². The normalized spacial score (nSPS) is 10.7. The summed E-state index contributed by atoms with van der Waals surface area (Å²) in [6, 6.07) is 29.6. The average Bonchev–Trinajstić information content (AvgIpc) is 2.64. The third-order valence-electron chi connectivity index (χ3n) is 4.10. The highest BCUT2D eigenvalue weighted by Crippen LogP contribution is 2.28. The van der Waals surface area contributed by atoms with Crippen molar-refractivity contribution in [3.63, 3.8) is 0 Å². The molecule has 0 amide bonds. The number of rotatable bonds is 6. The summed E-state index contributed by atoms with van der Waals surface area (Å²) in [6.07, 6.45) is 0. The first-order valence-corrected chi connectivity index (χ1v) is 8.46. The molecule has 0 spiro atoms. The van der Waals surface area contributed by atoms with Gasteiger partial charge in [0.25, 0.3) is 0 Å². The van der Waals surface area contributed by atoms with Crippen molar-refractivity contribution in [1.29, 1.82) is 0 Å². The molecule has 0 bridgehead atoms. The van der Waals surface area contributed by atoms with Crippen LogP contribution in [-0.4, -0.2) is 18.5 Å². The highest BCUT2D eigenvalue weighted by molar-refractivity contribution is 5.81. The van der Waals surface area contributed by atoms with Crippen LogP contribution in [0.5, 0.6) is 0 Å². The first-order chi connectivity index (χ1) is 12.2. The summed E-state index contributed by atoms with van der Waals surface area (Å²) in [6.45, 7) is 0.985. The number of halogens is 1. The Hall–Kier alpha value is -2.71. The minimum absolute atomic E-state index is 0.115. The minimum Gasteiger partial charge on any atom is -0.295 e. The van der Waals surface area contributed by atoms with Gasteiger partial charge in [-0.2, -0.15) is 0 Å². The molecule has 25 heavy (non-hydrogen) atoms. The number of benzene rings is 3. The topological polar surface area (TPSA) is 3.24 Å². The quantitative estimate of drug-likeness (QED) is 0.572. The van der Waals surface area contributed by atoms with Crippen molar-refractivity contribution in [3.05, 3.63) is 114 Å². The molecule has 0 heterocycles. The summed E-state index contributed by atoms with van der Waals surface area (Å²) < 4.78 is 15.2. The summed E-state index contributed by atoms with van der Waals surface area (Å²) in [5.74, 6) is -0.115. The molecule has 0 fully saturated rings. The van der Waals surface area contributed by atoms with Crippen molar-refractivity contribution in [3.8, 4) is 0 Å². The maximum Gasteiger partial charge on any atom is 0.122 e. The molecule has 0 N–H and O–H groups in total. The zero-order valence-electron chi connectivity index (χ0n) is 14.4. The van der Waals surface area contributed by atoms with E-state index in [1.54, 1.807) is 0 Å². The second-order valence-electron chi connectivity index (χ2n) is 6.17. The number of likely N-dealkylation sites (N-methyl/N-ethyl adjacent to an activating group) is 1. The summed E-state index contributed by atoms with van der Waals surface area (Å²) in [5.41, 5.74) is 3.65. The van der Waals surface area contributed by atoms with Crippen molar-refractivity contribution < 1.29 is 4.39 Å². The van der Waals surface area contributed by atoms with Crippen LogP contribution in [0, 0.1) is 0 Å². The highest BCUT2D eigenvalue weighted by atomic mass is 19.1. The Labute approximate surface area is 149 Å². The van der Waals surface area contributed by atoms with Crippen LogP contribution < -0.4 is 0 Å². The maximum absolute atomic E-state index is 15.2.